The molecule has 0 spiro atoms. The first kappa shape index (κ1) is 10.5. The zero-order valence-corrected chi connectivity index (χ0v) is 10.4. The molecule has 14 heavy (non-hydrogen) atoms. The molecule has 0 amide bonds. The fourth-order valence-electron chi connectivity index (χ4n) is 1.90. The van der Waals surface area contributed by atoms with Gasteiger partial charge in [0.25, 0.3) is 0 Å². The van der Waals surface area contributed by atoms with Crippen molar-refractivity contribution in [3.05, 3.63) is 34.3 Å². The average Bonchev–Trinajstić information content (AvgIpc) is 2.49. The van der Waals surface area contributed by atoms with Gasteiger partial charge >= 0.3 is 0 Å². The van der Waals surface area contributed by atoms with Crippen LogP contribution in [0.2, 0.25) is 0 Å². The second-order valence-electron chi connectivity index (χ2n) is 3.67. The molecule has 1 fully saturated rings. The van der Waals surface area contributed by atoms with Gasteiger partial charge in [-0.25, -0.2) is 0 Å². The molecule has 1 nitrogen and oxygen atoms in total. The van der Waals surface area contributed by atoms with Gasteiger partial charge in [0.1, 0.15) is 5.60 Å². The molecule has 3 heteroatoms. The molecule has 0 bridgehead atoms. The summed E-state index contributed by atoms with van der Waals surface area (Å²) in [5.74, 6) is 1.04. The van der Waals surface area contributed by atoms with Gasteiger partial charge < -0.3 is 5.11 Å². The van der Waals surface area contributed by atoms with Gasteiger partial charge in [-0.15, -0.1) is 0 Å². The Balaban J connectivity index is 2.43. The molecule has 1 heterocycles. The minimum absolute atomic E-state index is 0.279. The number of rotatable bonds is 1. The normalized spacial score (nSPS) is 32.1. The van der Waals surface area contributed by atoms with Crippen molar-refractivity contribution in [2.45, 2.75) is 24.2 Å². The molecule has 1 saturated heterocycles. The fraction of sp³-hybridized carbons (Fsp3) is 0.455. The van der Waals surface area contributed by atoms with Gasteiger partial charge in [0.2, 0.25) is 0 Å². The molecule has 0 saturated carbocycles. The van der Waals surface area contributed by atoms with Crippen LogP contribution in [0.3, 0.4) is 0 Å². The summed E-state index contributed by atoms with van der Waals surface area (Å²) in [5.41, 5.74) is 0.377. The largest absolute Gasteiger partial charge is 0.384 e. The Bertz CT molecular complexity index is 342. The minimum atomic E-state index is -0.648. The number of aliphatic hydroxyl groups is 1. The third kappa shape index (κ3) is 1.62. The zero-order chi connectivity index (χ0) is 10.2. The molecule has 1 aromatic rings. The first-order valence-corrected chi connectivity index (χ1v) is 6.58. The average molecular weight is 273 g/mol. The van der Waals surface area contributed by atoms with Crippen LogP contribution < -0.4 is 0 Å². The topological polar surface area (TPSA) is 20.2 Å². The van der Waals surface area contributed by atoms with E-state index in [4.69, 9.17) is 0 Å². The van der Waals surface area contributed by atoms with Crippen molar-refractivity contribution in [1.82, 2.24) is 0 Å². The number of hydrogen-bond acceptors (Lipinski definition) is 2. The van der Waals surface area contributed by atoms with E-state index >= 15 is 0 Å². The van der Waals surface area contributed by atoms with E-state index in [1.54, 1.807) is 0 Å². The summed E-state index contributed by atoms with van der Waals surface area (Å²) in [6, 6.07) is 7.95. The molecule has 0 aromatic heterocycles. The lowest BCUT2D eigenvalue weighted by Crippen LogP contribution is -2.31. The van der Waals surface area contributed by atoms with E-state index in [1.165, 1.54) is 0 Å². The Morgan fingerprint density at radius 1 is 1.50 bits per heavy atom. The third-order valence-corrected chi connectivity index (χ3v) is 4.89. The van der Waals surface area contributed by atoms with Crippen LogP contribution in [0.4, 0.5) is 0 Å². The van der Waals surface area contributed by atoms with Gasteiger partial charge in [-0.3, -0.25) is 0 Å². The highest BCUT2D eigenvalue weighted by Crippen LogP contribution is 2.45. The Kier molecular flexibility index (Phi) is 2.91. The maximum atomic E-state index is 10.6. The van der Waals surface area contributed by atoms with Crippen molar-refractivity contribution >= 4 is 27.7 Å². The number of benzene rings is 1. The first-order chi connectivity index (χ1) is 6.64. The molecule has 1 aromatic carbocycles. The van der Waals surface area contributed by atoms with Gasteiger partial charge in [0, 0.05) is 9.72 Å². The van der Waals surface area contributed by atoms with E-state index in [0.717, 1.165) is 22.2 Å². The van der Waals surface area contributed by atoms with Gasteiger partial charge in [0.15, 0.2) is 0 Å². The van der Waals surface area contributed by atoms with Crippen LogP contribution in [0, 0.1) is 0 Å². The second kappa shape index (κ2) is 3.87. The Labute approximate surface area is 97.0 Å². The molecule has 0 radical (unpaired) electrons. The summed E-state index contributed by atoms with van der Waals surface area (Å²) >= 11 is 5.34. The van der Waals surface area contributed by atoms with E-state index in [2.05, 4.69) is 22.9 Å². The Hall–Kier alpha value is 0.01000. The van der Waals surface area contributed by atoms with E-state index in [-0.39, 0.29) is 5.25 Å². The van der Waals surface area contributed by atoms with Crippen molar-refractivity contribution in [2.75, 3.05) is 5.75 Å². The maximum absolute atomic E-state index is 10.6. The van der Waals surface area contributed by atoms with Crippen LogP contribution in [-0.4, -0.2) is 16.1 Å². The van der Waals surface area contributed by atoms with Crippen LogP contribution in [0.5, 0.6) is 0 Å². The predicted octanol–water partition coefficient (Wildman–Crippen LogP) is 3.16. The maximum Gasteiger partial charge on any atom is 0.103 e. The van der Waals surface area contributed by atoms with Crippen LogP contribution >= 0.6 is 27.7 Å². The lowest BCUT2D eigenvalue weighted by atomic mass is 9.89. The summed E-state index contributed by atoms with van der Waals surface area (Å²) in [4.78, 5) is 0. The second-order valence-corrected chi connectivity index (χ2v) is 5.97. The molecule has 1 aliphatic heterocycles. The molecule has 1 N–H and O–H groups in total. The SMILES string of the molecule is C[C@@H]1SCC[C@]1(O)c1ccccc1Br. The molecule has 0 aliphatic carbocycles. The van der Waals surface area contributed by atoms with Gasteiger partial charge in [-0.1, -0.05) is 41.1 Å². The quantitative estimate of drug-likeness (QED) is 0.848. The lowest BCUT2D eigenvalue weighted by molar-refractivity contribution is 0.0420. The molecular formula is C11H13BrOS. The summed E-state index contributed by atoms with van der Waals surface area (Å²) < 4.78 is 1.01. The summed E-state index contributed by atoms with van der Waals surface area (Å²) in [6.45, 7) is 2.09. The minimum Gasteiger partial charge on any atom is -0.384 e. The molecule has 76 valence electrons. The third-order valence-electron chi connectivity index (χ3n) is 2.86. The van der Waals surface area contributed by atoms with Gasteiger partial charge in [-0.2, -0.15) is 11.8 Å². The summed E-state index contributed by atoms with van der Waals surface area (Å²) in [7, 11) is 0. The summed E-state index contributed by atoms with van der Waals surface area (Å²) in [6.07, 6.45) is 0.849. The molecule has 2 rings (SSSR count). The van der Waals surface area contributed by atoms with E-state index in [9.17, 15) is 5.11 Å². The fourth-order valence-corrected chi connectivity index (χ4v) is 3.83. The predicted molar refractivity (Wildman–Crippen MR) is 64.6 cm³/mol. The first-order valence-electron chi connectivity index (χ1n) is 4.73. The van der Waals surface area contributed by atoms with Gasteiger partial charge in [0.05, 0.1) is 0 Å². The molecule has 2 atom stereocenters. The number of hydrogen-bond donors (Lipinski definition) is 1. The smallest absolute Gasteiger partial charge is 0.103 e. The van der Waals surface area contributed by atoms with Crippen molar-refractivity contribution in [1.29, 1.82) is 0 Å². The van der Waals surface area contributed by atoms with Crippen LogP contribution in [-0.2, 0) is 5.60 Å². The van der Waals surface area contributed by atoms with Crippen molar-refractivity contribution in [3.8, 4) is 0 Å². The summed E-state index contributed by atoms with van der Waals surface area (Å²) in [5, 5.41) is 10.8. The lowest BCUT2D eigenvalue weighted by Gasteiger charge is -2.28. The monoisotopic (exact) mass is 272 g/mol. The van der Waals surface area contributed by atoms with E-state index in [0.29, 0.717) is 0 Å². The van der Waals surface area contributed by atoms with Crippen LogP contribution in [0.15, 0.2) is 28.7 Å². The van der Waals surface area contributed by atoms with Crippen LogP contribution in [0.1, 0.15) is 18.9 Å². The highest BCUT2D eigenvalue weighted by molar-refractivity contribution is 9.10. The van der Waals surface area contributed by atoms with E-state index in [1.807, 2.05) is 36.0 Å². The number of halogens is 1. The zero-order valence-electron chi connectivity index (χ0n) is 8.03. The highest BCUT2D eigenvalue weighted by atomic mass is 79.9. The Morgan fingerprint density at radius 3 is 2.79 bits per heavy atom. The van der Waals surface area contributed by atoms with Crippen molar-refractivity contribution < 1.29 is 5.11 Å². The Morgan fingerprint density at radius 2 is 2.21 bits per heavy atom. The highest BCUT2D eigenvalue weighted by Gasteiger charge is 2.41. The number of thioether (sulfide) groups is 1. The molecule has 0 unspecified atom stereocenters. The molecule has 1 aliphatic rings. The van der Waals surface area contributed by atoms with Crippen molar-refractivity contribution in [2.24, 2.45) is 0 Å². The molecular weight excluding hydrogens is 260 g/mol. The van der Waals surface area contributed by atoms with Crippen molar-refractivity contribution in [3.63, 3.8) is 0 Å². The van der Waals surface area contributed by atoms with E-state index < -0.39 is 5.60 Å². The van der Waals surface area contributed by atoms with Gasteiger partial charge in [-0.05, 0) is 23.8 Å². The standard InChI is InChI=1S/C11H13BrOS/c1-8-11(13,6-7-14-8)9-4-2-3-5-10(9)12/h2-5,8,13H,6-7H2,1H3/t8-,11+/m0/s1. The van der Waals surface area contributed by atoms with Crippen LogP contribution in [0.25, 0.3) is 0 Å².